The molecule has 0 N–H and O–H groups in total. The highest BCUT2D eigenvalue weighted by atomic mass is 32.1. The second kappa shape index (κ2) is 6.56. The van der Waals surface area contributed by atoms with Gasteiger partial charge in [-0.25, -0.2) is 0 Å². The van der Waals surface area contributed by atoms with Crippen LogP contribution in [-0.4, -0.2) is 43.9 Å². The molecule has 0 aromatic carbocycles. The van der Waals surface area contributed by atoms with Crippen molar-refractivity contribution in [2.75, 3.05) is 13.1 Å². The first-order valence-corrected chi connectivity index (χ1v) is 8.85. The van der Waals surface area contributed by atoms with E-state index in [-0.39, 0.29) is 11.8 Å². The number of nitrogens with zero attached hydrogens (tertiary/aromatic N) is 5. The van der Waals surface area contributed by atoms with Crippen LogP contribution in [0, 0.1) is 0 Å². The molecule has 1 saturated heterocycles. The molecule has 0 radical (unpaired) electrons. The fourth-order valence-corrected chi connectivity index (χ4v) is 3.54. The summed E-state index contributed by atoms with van der Waals surface area (Å²) in [5.74, 6) is 1.57. The molecule has 124 valence electrons. The number of aromatic nitrogens is 4. The lowest BCUT2D eigenvalue weighted by Crippen LogP contribution is -2.39. The normalized spacial score (nSPS) is 15.8. The highest BCUT2D eigenvalue weighted by molar-refractivity contribution is 7.08. The lowest BCUT2D eigenvalue weighted by Gasteiger charge is -2.30. The standard InChI is InChI=1S/C16H17N5O2S/c22-14(10-21-6-1-5-17-21)20-7-2-12(3-8-20)15-18-19-16(23-15)13-4-9-24-11-13/h1,4-6,9,11-12H,2-3,7-8,10H2. The van der Waals surface area contributed by atoms with Crippen molar-refractivity contribution >= 4 is 17.2 Å². The zero-order chi connectivity index (χ0) is 16.4. The van der Waals surface area contributed by atoms with E-state index in [9.17, 15) is 4.79 Å². The number of likely N-dealkylation sites (tertiary alicyclic amines) is 1. The number of thiophene rings is 1. The zero-order valence-corrected chi connectivity index (χ0v) is 13.9. The Kier molecular flexibility index (Phi) is 4.12. The van der Waals surface area contributed by atoms with Crippen molar-refractivity contribution in [2.45, 2.75) is 25.3 Å². The summed E-state index contributed by atoms with van der Waals surface area (Å²) < 4.78 is 7.47. The van der Waals surface area contributed by atoms with Gasteiger partial charge in [0, 0.05) is 42.3 Å². The predicted octanol–water partition coefficient (Wildman–Crippen LogP) is 2.40. The summed E-state index contributed by atoms with van der Waals surface area (Å²) in [6, 6.07) is 3.79. The molecule has 24 heavy (non-hydrogen) atoms. The van der Waals surface area contributed by atoms with E-state index < -0.39 is 0 Å². The molecular formula is C16H17N5O2S. The van der Waals surface area contributed by atoms with Crippen LogP contribution in [0.4, 0.5) is 0 Å². The molecular weight excluding hydrogens is 326 g/mol. The Morgan fingerprint density at radius 3 is 2.92 bits per heavy atom. The van der Waals surface area contributed by atoms with Gasteiger partial charge in [0.05, 0.1) is 0 Å². The molecule has 3 aromatic heterocycles. The van der Waals surface area contributed by atoms with E-state index in [0.29, 0.717) is 31.4 Å². The summed E-state index contributed by atoms with van der Waals surface area (Å²) in [5.41, 5.74) is 0.964. The van der Waals surface area contributed by atoms with E-state index in [1.165, 1.54) is 0 Å². The van der Waals surface area contributed by atoms with Gasteiger partial charge in [0.2, 0.25) is 17.7 Å². The number of rotatable bonds is 4. The lowest BCUT2D eigenvalue weighted by atomic mass is 9.97. The quantitative estimate of drug-likeness (QED) is 0.727. The maximum absolute atomic E-state index is 12.3. The Labute approximate surface area is 142 Å². The summed E-state index contributed by atoms with van der Waals surface area (Å²) in [5, 5.41) is 16.4. The van der Waals surface area contributed by atoms with Gasteiger partial charge in [0.1, 0.15) is 6.54 Å². The average Bonchev–Trinajstić information content (AvgIpc) is 3.36. The first-order chi connectivity index (χ1) is 11.8. The Balaban J connectivity index is 1.35. The molecule has 0 atom stereocenters. The van der Waals surface area contributed by atoms with Gasteiger partial charge in [-0.2, -0.15) is 16.4 Å². The van der Waals surface area contributed by atoms with Gasteiger partial charge in [-0.3, -0.25) is 9.48 Å². The molecule has 1 fully saturated rings. The highest BCUT2D eigenvalue weighted by Crippen LogP contribution is 2.29. The van der Waals surface area contributed by atoms with Gasteiger partial charge in [-0.1, -0.05) is 0 Å². The highest BCUT2D eigenvalue weighted by Gasteiger charge is 2.27. The number of hydrogen-bond donors (Lipinski definition) is 0. The van der Waals surface area contributed by atoms with Gasteiger partial charge in [-0.15, -0.1) is 10.2 Å². The van der Waals surface area contributed by atoms with E-state index in [2.05, 4.69) is 15.3 Å². The molecule has 8 heteroatoms. The summed E-state index contributed by atoms with van der Waals surface area (Å²) in [4.78, 5) is 14.2. The molecule has 1 amide bonds. The fourth-order valence-electron chi connectivity index (χ4n) is 2.91. The third kappa shape index (κ3) is 3.09. The van der Waals surface area contributed by atoms with Crippen molar-refractivity contribution in [3.63, 3.8) is 0 Å². The Morgan fingerprint density at radius 1 is 1.33 bits per heavy atom. The van der Waals surface area contributed by atoms with Crippen molar-refractivity contribution < 1.29 is 9.21 Å². The van der Waals surface area contributed by atoms with Crippen molar-refractivity contribution in [2.24, 2.45) is 0 Å². The predicted molar refractivity (Wildman–Crippen MR) is 88.4 cm³/mol. The van der Waals surface area contributed by atoms with Crippen molar-refractivity contribution in [3.8, 4) is 11.5 Å². The number of hydrogen-bond acceptors (Lipinski definition) is 6. The van der Waals surface area contributed by atoms with Crippen LogP contribution in [0.3, 0.4) is 0 Å². The molecule has 1 aliphatic heterocycles. The molecule has 0 unspecified atom stereocenters. The SMILES string of the molecule is O=C(Cn1cccn1)N1CCC(c2nnc(-c3ccsc3)o2)CC1. The molecule has 0 aliphatic carbocycles. The van der Waals surface area contributed by atoms with Gasteiger partial charge in [0.25, 0.3) is 0 Å². The molecule has 0 spiro atoms. The first kappa shape index (κ1) is 15.1. The van der Waals surface area contributed by atoms with Crippen molar-refractivity contribution in [3.05, 3.63) is 41.2 Å². The molecule has 0 saturated carbocycles. The van der Waals surface area contributed by atoms with Crippen LogP contribution >= 0.6 is 11.3 Å². The molecule has 7 nitrogen and oxygen atoms in total. The monoisotopic (exact) mass is 343 g/mol. The minimum absolute atomic E-state index is 0.0987. The summed E-state index contributed by atoms with van der Waals surface area (Å²) in [6.45, 7) is 1.71. The Hall–Kier alpha value is -2.48. The Bertz CT molecular complexity index is 788. The summed E-state index contributed by atoms with van der Waals surface area (Å²) in [6.07, 6.45) is 5.17. The van der Waals surface area contributed by atoms with E-state index in [0.717, 1.165) is 18.4 Å². The molecule has 3 aromatic rings. The third-order valence-electron chi connectivity index (χ3n) is 4.26. The first-order valence-electron chi connectivity index (χ1n) is 7.91. The number of carbonyl (C=O) groups excluding carboxylic acids is 1. The van der Waals surface area contributed by atoms with Crippen LogP contribution in [0.2, 0.25) is 0 Å². The van der Waals surface area contributed by atoms with Crippen LogP contribution in [0.1, 0.15) is 24.7 Å². The largest absolute Gasteiger partial charge is 0.420 e. The third-order valence-corrected chi connectivity index (χ3v) is 4.95. The smallest absolute Gasteiger partial charge is 0.248 e. The second-order valence-electron chi connectivity index (χ2n) is 5.82. The summed E-state index contributed by atoms with van der Waals surface area (Å²) in [7, 11) is 0. The second-order valence-corrected chi connectivity index (χ2v) is 6.60. The van der Waals surface area contributed by atoms with Gasteiger partial charge < -0.3 is 9.32 Å². The minimum atomic E-state index is 0.0987. The minimum Gasteiger partial charge on any atom is -0.420 e. The lowest BCUT2D eigenvalue weighted by molar-refractivity contribution is -0.133. The van der Waals surface area contributed by atoms with Crippen molar-refractivity contribution in [1.82, 2.24) is 24.9 Å². The van der Waals surface area contributed by atoms with Gasteiger partial charge in [-0.05, 0) is 30.4 Å². The fraction of sp³-hybridized carbons (Fsp3) is 0.375. The van der Waals surface area contributed by atoms with Crippen molar-refractivity contribution in [1.29, 1.82) is 0 Å². The van der Waals surface area contributed by atoms with Crippen LogP contribution in [0.25, 0.3) is 11.5 Å². The van der Waals surface area contributed by atoms with Crippen LogP contribution in [0.5, 0.6) is 0 Å². The van der Waals surface area contributed by atoms with Gasteiger partial charge in [0.15, 0.2) is 0 Å². The maximum Gasteiger partial charge on any atom is 0.248 e. The topological polar surface area (TPSA) is 77.1 Å². The summed E-state index contributed by atoms with van der Waals surface area (Å²) >= 11 is 1.61. The van der Waals surface area contributed by atoms with Crippen LogP contribution in [0.15, 0.2) is 39.7 Å². The van der Waals surface area contributed by atoms with Crippen LogP contribution < -0.4 is 0 Å². The number of amides is 1. The maximum atomic E-state index is 12.3. The van der Waals surface area contributed by atoms with E-state index in [1.807, 2.05) is 27.8 Å². The van der Waals surface area contributed by atoms with E-state index >= 15 is 0 Å². The number of carbonyl (C=O) groups is 1. The van der Waals surface area contributed by atoms with E-state index in [1.54, 1.807) is 28.4 Å². The molecule has 4 heterocycles. The molecule has 0 bridgehead atoms. The van der Waals surface area contributed by atoms with Crippen LogP contribution in [-0.2, 0) is 11.3 Å². The van der Waals surface area contributed by atoms with E-state index in [4.69, 9.17) is 4.42 Å². The number of piperidine rings is 1. The zero-order valence-electron chi connectivity index (χ0n) is 13.0. The molecule has 1 aliphatic rings. The average molecular weight is 343 g/mol. The van der Waals surface area contributed by atoms with Gasteiger partial charge >= 0.3 is 0 Å². The molecule has 4 rings (SSSR count). The Morgan fingerprint density at radius 2 is 2.21 bits per heavy atom.